The zero-order valence-corrected chi connectivity index (χ0v) is 34.6. The minimum atomic E-state index is -0.757. The van der Waals surface area contributed by atoms with Crippen molar-refractivity contribution in [2.75, 3.05) is 13.2 Å². The van der Waals surface area contributed by atoms with Crippen LogP contribution < -0.4 is 0 Å². The minimum Gasteiger partial charge on any atom is -0.462 e. The highest BCUT2D eigenvalue weighted by atomic mass is 16.6. The van der Waals surface area contributed by atoms with Crippen molar-refractivity contribution in [1.82, 2.24) is 0 Å². The van der Waals surface area contributed by atoms with Gasteiger partial charge in [0.25, 0.3) is 0 Å². The van der Waals surface area contributed by atoms with Gasteiger partial charge < -0.3 is 14.2 Å². The predicted molar refractivity (Wildman–Crippen MR) is 215 cm³/mol. The van der Waals surface area contributed by atoms with Crippen LogP contribution in [-0.2, 0) is 28.6 Å². The van der Waals surface area contributed by atoms with Crippen molar-refractivity contribution in [3.8, 4) is 0 Å². The monoisotopic (exact) mass is 723 g/mol. The maximum Gasteiger partial charge on any atom is 0.306 e. The summed E-state index contributed by atoms with van der Waals surface area (Å²) in [7, 11) is 0. The smallest absolute Gasteiger partial charge is 0.306 e. The summed E-state index contributed by atoms with van der Waals surface area (Å²) in [4.78, 5) is 37.4. The average Bonchev–Trinajstić information content (AvgIpc) is 3.11. The van der Waals surface area contributed by atoms with Gasteiger partial charge in [-0.1, -0.05) is 207 Å². The third-order valence-electron chi connectivity index (χ3n) is 10.0. The first-order valence-corrected chi connectivity index (χ1v) is 22.4. The molecule has 0 amide bonds. The van der Waals surface area contributed by atoms with Crippen molar-refractivity contribution in [3.05, 3.63) is 0 Å². The molecule has 0 aromatic rings. The molecule has 0 saturated heterocycles. The van der Waals surface area contributed by atoms with Gasteiger partial charge in [-0.3, -0.25) is 14.4 Å². The van der Waals surface area contributed by atoms with E-state index in [9.17, 15) is 14.4 Å². The Balaban J connectivity index is 4.16. The molecule has 0 spiro atoms. The topological polar surface area (TPSA) is 78.9 Å². The number of rotatable bonds is 40. The lowest BCUT2D eigenvalue weighted by atomic mass is 10.0. The van der Waals surface area contributed by atoms with Crippen LogP contribution in [0, 0.1) is 5.92 Å². The van der Waals surface area contributed by atoms with Crippen molar-refractivity contribution in [2.45, 2.75) is 252 Å². The van der Waals surface area contributed by atoms with Crippen LogP contribution >= 0.6 is 0 Å². The van der Waals surface area contributed by atoms with Crippen molar-refractivity contribution < 1.29 is 28.6 Å². The molecule has 0 unspecified atom stereocenters. The Kier molecular flexibility index (Phi) is 38.4. The van der Waals surface area contributed by atoms with Gasteiger partial charge in [0.2, 0.25) is 0 Å². The molecule has 302 valence electrons. The summed E-state index contributed by atoms with van der Waals surface area (Å²) in [6.45, 7) is 8.88. The third kappa shape index (κ3) is 39.5. The first kappa shape index (κ1) is 49.4. The molecule has 6 heteroatoms. The SMILES string of the molecule is CCCCCCCCCCCCCCCCCCCC(=O)O[C@@H](COC(=O)CCCCCCC)COC(=O)CCCCCCCCCCC(C)C. The number of carbonyl (C=O) groups excluding carboxylic acids is 3. The second-order valence-corrected chi connectivity index (χ2v) is 15.8. The number of carbonyl (C=O) groups is 3. The molecule has 0 saturated carbocycles. The van der Waals surface area contributed by atoms with Crippen LogP contribution in [0.5, 0.6) is 0 Å². The van der Waals surface area contributed by atoms with E-state index in [0.29, 0.717) is 19.3 Å². The van der Waals surface area contributed by atoms with Crippen LogP contribution in [0.3, 0.4) is 0 Å². The largest absolute Gasteiger partial charge is 0.462 e. The van der Waals surface area contributed by atoms with Crippen molar-refractivity contribution in [3.63, 3.8) is 0 Å². The quantitative estimate of drug-likeness (QED) is 0.0356. The van der Waals surface area contributed by atoms with Gasteiger partial charge in [-0.15, -0.1) is 0 Å². The molecule has 0 heterocycles. The Labute approximate surface area is 317 Å². The van der Waals surface area contributed by atoms with Gasteiger partial charge >= 0.3 is 17.9 Å². The summed E-state index contributed by atoms with van der Waals surface area (Å²) in [6.07, 6.45) is 38.4. The van der Waals surface area contributed by atoms with Gasteiger partial charge in [-0.25, -0.2) is 0 Å². The fourth-order valence-corrected chi connectivity index (χ4v) is 6.63. The van der Waals surface area contributed by atoms with E-state index in [2.05, 4.69) is 27.7 Å². The fourth-order valence-electron chi connectivity index (χ4n) is 6.63. The summed E-state index contributed by atoms with van der Waals surface area (Å²) >= 11 is 0. The standard InChI is InChI=1S/C45H86O6/c1-5-7-9-11-12-13-14-15-16-17-18-19-20-21-26-30-34-38-45(48)51-42(39-49-43(46)36-32-27-10-8-6-2)40-50-44(47)37-33-29-25-23-22-24-28-31-35-41(3)4/h41-42H,5-40H2,1-4H3/t42-/m0/s1. The zero-order valence-electron chi connectivity index (χ0n) is 34.6. The highest BCUT2D eigenvalue weighted by molar-refractivity contribution is 5.71. The molecule has 0 bridgehead atoms. The Morgan fingerprint density at radius 2 is 0.647 bits per heavy atom. The molecule has 0 aliphatic rings. The molecule has 0 radical (unpaired) electrons. The molecule has 0 aliphatic carbocycles. The van der Waals surface area contributed by atoms with E-state index in [4.69, 9.17) is 14.2 Å². The van der Waals surface area contributed by atoms with E-state index >= 15 is 0 Å². The van der Waals surface area contributed by atoms with E-state index in [0.717, 1.165) is 70.1 Å². The first-order chi connectivity index (χ1) is 24.9. The zero-order chi connectivity index (χ0) is 37.5. The number of hydrogen-bond donors (Lipinski definition) is 0. The van der Waals surface area contributed by atoms with Gasteiger partial charge in [0.05, 0.1) is 0 Å². The van der Waals surface area contributed by atoms with Crippen LogP contribution in [0.2, 0.25) is 0 Å². The molecule has 0 aromatic carbocycles. The van der Waals surface area contributed by atoms with E-state index in [-0.39, 0.29) is 31.1 Å². The Bertz CT molecular complexity index is 766. The number of hydrogen-bond acceptors (Lipinski definition) is 6. The highest BCUT2D eigenvalue weighted by Gasteiger charge is 2.19. The van der Waals surface area contributed by atoms with Crippen LogP contribution in [0.4, 0.5) is 0 Å². The molecule has 1 atom stereocenters. The van der Waals surface area contributed by atoms with Crippen LogP contribution in [0.15, 0.2) is 0 Å². The molecule has 0 aromatic heterocycles. The van der Waals surface area contributed by atoms with Gasteiger partial charge in [-0.05, 0) is 25.2 Å². The van der Waals surface area contributed by atoms with E-state index in [1.807, 2.05) is 0 Å². The normalized spacial score (nSPS) is 11.9. The maximum atomic E-state index is 12.7. The summed E-state index contributed by atoms with van der Waals surface area (Å²) < 4.78 is 16.6. The van der Waals surface area contributed by atoms with E-state index in [1.54, 1.807) is 0 Å². The predicted octanol–water partition coefficient (Wildman–Crippen LogP) is 13.9. The average molecular weight is 723 g/mol. The van der Waals surface area contributed by atoms with Crippen LogP contribution in [0.1, 0.15) is 246 Å². The molecule has 0 N–H and O–H groups in total. The first-order valence-electron chi connectivity index (χ1n) is 22.4. The number of ether oxygens (including phenoxy) is 3. The lowest BCUT2D eigenvalue weighted by Gasteiger charge is -2.18. The second-order valence-electron chi connectivity index (χ2n) is 15.8. The van der Waals surface area contributed by atoms with Crippen molar-refractivity contribution in [2.24, 2.45) is 5.92 Å². The van der Waals surface area contributed by atoms with Crippen molar-refractivity contribution in [1.29, 1.82) is 0 Å². The summed E-state index contributed by atoms with van der Waals surface area (Å²) in [5, 5.41) is 0. The molecular formula is C45H86O6. The van der Waals surface area contributed by atoms with E-state index < -0.39 is 6.10 Å². The summed E-state index contributed by atoms with van der Waals surface area (Å²) in [5.41, 5.74) is 0. The van der Waals surface area contributed by atoms with Gasteiger partial charge in [0.15, 0.2) is 6.10 Å². The molecule has 0 fully saturated rings. The van der Waals surface area contributed by atoms with Crippen LogP contribution in [0.25, 0.3) is 0 Å². The fraction of sp³-hybridized carbons (Fsp3) is 0.933. The van der Waals surface area contributed by atoms with Crippen LogP contribution in [-0.4, -0.2) is 37.2 Å². The molecule has 6 nitrogen and oxygen atoms in total. The second kappa shape index (κ2) is 39.6. The van der Waals surface area contributed by atoms with E-state index in [1.165, 1.54) is 135 Å². The maximum absolute atomic E-state index is 12.7. The minimum absolute atomic E-state index is 0.0657. The Morgan fingerprint density at radius 1 is 0.373 bits per heavy atom. The number of esters is 3. The molecule has 0 rings (SSSR count). The molecular weight excluding hydrogens is 636 g/mol. The lowest BCUT2D eigenvalue weighted by Crippen LogP contribution is -2.30. The lowest BCUT2D eigenvalue weighted by molar-refractivity contribution is -0.167. The molecule has 0 aliphatic heterocycles. The number of unbranched alkanes of at least 4 members (excludes halogenated alkanes) is 27. The molecule has 51 heavy (non-hydrogen) atoms. The Morgan fingerprint density at radius 3 is 0.961 bits per heavy atom. The summed E-state index contributed by atoms with van der Waals surface area (Å²) in [5.74, 6) is -0.0745. The van der Waals surface area contributed by atoms with Gasteiger partial charge in [-0.2, -0.15) is 0 Å². The highest BCUT2D eigenvalue weighted by Crippen LogP contribution is 2.16. The van der Waals surface area contributed by atoms with Crippen molar-refractivity contribution >= 4 is 17.9 Å². The summed E-state index contributed by atoms with van der Waals surface area (Å²) in [6, 6.07) is 0. The van der Waals surface area contributed by atoms with Gasteiger partial charge in [0.1, 0.15) is 13.2 Å². The third-order valence-corrected chi connectivity index (χ3v) is 10.0. The Hall–Kier alpha value is -1.59. The van der Waals surface area contributed by atoms with Gasteiger partial charge in [0, 0.05) is 19.3 Å².